The standard InChI is InChI=1S/C16H24FN3O2S.HI/c1-18-16(20-13-7-3-2-4-8-13)19-11-12-23(21,22)15-10-6-5-9-14(15)17;/h5-6,9-10,13H,2-4,7-8,11-12H2,1H3,(H2,18,19,20);1H. The quantitative estimate of drug-likeness (QED) is 0.396. The molecule has 0 unspecified atom stereocenters. The van der Waals surface area contributed by atoms with Crippen LogP contribution in [-0.2, 0) is 9.84 Å². The minimum Gasteiger partial charge on any atom is -0.355 e. The third kappa shape index (κ3) is 6.19. The summed E-state index contributed by atoms with van der Waals surface area (Å²) in [4.78, 5) is 3.86. The van der Waals surface area contributed by atoms with Crippen molar-refractivity contribution in [1.82, 2.24) is 10.6 Å². The van der Waals surface area contributed by atoms with E-state index in [9.17, 15) is 12.8 Å². The topological polar surface area (TPSA) is 70.6 Å². The molecule has 2 N–H and O–H groups in total. The van der Waals surface area contributed by atoms with E-state index in [1.807, 2.05) is 0 Å². The van der Waals surface area contributed by atoms with Gasteiger partial charge < -0.3 is 10.6 Å². The molecule has 0 amide bonds. The van der Waals surface area contributed by atoms with Crippen molar-refractivity contribution in [1.29, 1.82) is 0 Å². The van der Waals surface area contributed by atoms with E-state index >= 15 is 0 Å². The first-order chi connectivity index (χ1) is 11.0. The van der Waals surface area contributed by atoms with Crippen LogP contribution in [0.15, 0.2) is 34.2 Å². The Morgan fingerprint density at radius 1 is 1.25 bits per heavy atom. The molecule has 0 atom stereocenters. The lowest BCUT2D eigenvalue weighted by molar-refractivity contribution is 0.410. The average Bonchev–Trinajstić information content (AvgIpc) is 2.55. The van der Waals surface area contributed by atoms with Gasteiger partial charge in [0.1, 0.15) is 10.7 Å². The molecule has 0 bridgehead atoms. The Morgan fingerprint density at radius 3 is 2.54 bits per heavy atom. The Labute approximate surface area is 160 Å². The third-order valence-corrected chi connectivity index (χ3v) is 5.75. The highest BCUT2D eigenvalue weighted by Gasteiger charge is 2.19. The van der Waals surface area contributed by atoms with Gasteiger partial charge in [-0.1, -0.05) is 31.4 Å². The lowest BCUT2D eigenvalue weighted by Gasteiger charge is -2.24. The van der Waals surface area contributed by atoms with Gasteiger partial charge in [0.25, 0.3) is 0 Å². The molecule has 1 saturated carbocycles. The van der Waals surface area contributed by atoms with E-state index in [2.05, 4.69) is 15.6 Å². The number of hydrogen-bond donors (Lipinski definition) is 2. The van der Waals surface area contributed by atoms with Gasteiger partial charge in [0.2, 0.25) is 0 Å². The summed E-state index contributed by atoms with van der Waals surface area (Å²) in [5.41, 5.74) is 0. The zero-order valence-electron chi connectivity index (χ0n) is 13.8. The fourth-order valence-corrected chi connectivity index (χ4v) is 3.99. The van der Waals surface area contributed by atoms with E-state index in [0.717, 1.165) is 18.9 Å². The molecule has 0 spiro atoms. The molecule has 1 aliphatic rings. The molecular formula is C16H25FIN3O2S. The van der Waals surface area contributed by atoms with Crippen molar-refractivity contribution < 1.29 is 12.8 Å². The molecule has 5 nitrogen and oxygen atoms in total. The van der Waals surface area contributed by atoms with Gasteiger partial charge in [-0.2, -0.15) is 0 Å². The molecule has 136 valence electrons. The minimum absolute atomic E-state index is 0. The summed E-state index contributed by atoms with van der Waals surface area (Å²) in [6.45, 7) is 0.184. The molecule has 0 aliphatic heterocycles. The van der Waals surface area contributed by atoms with Crippen molar-refractivity contribution in [3.05, 3.63) is 30.1 Å². The van der Waals surface area contributed by atoms with Crippen molar-refractivity contribution in [3.8, 4) is 0 Å². The maximum atomic E-state index is 13.6. The van der Waals surface area contributed by atoms with Gasteiger partial charge in [-0.15, -0.1) is 24.0 Å². The Kier molecular flexibility index (Phi) is 8.96. The van der Waals surface area contributed by atoms with E-state index in [1.165, 1.54) is 37.5 Å². The molecule has 0 aromatic heterocycles. The SMILES string of the molecule is CN=C(NCCS(=O)(=O)c1ccccc1F)NC1CCCCC1.I. The third-order valence-electron chi connectivity index (χ3n) is 4.00. The summed E-state index contributed by atoms with van der Waals surface area (Å²) in [5.74, 6) is -0.294. The van der Waals surface area contributed by atoms with Crippen LogP contribution in [-0.4, -0.2) is 39.8 Å². The van der Waals surface area contributed by atoms with Crippen LogP contribution in [0.1, 0.15) is 32.1 Å². The number of guanidine groups is 1. The van der Waals surface area contributed by atoms with Gasteiger partial charge in [0.05, 0.1) is 5.75 Å². The van der Waals surface area contributed by atoms with Crippen molar-refractivity contribution >= 4 is 39.8 Å². The van der Waals surface area contributed by atoms with Crippen LogP contribution in [0.3, 0.4) is 0 Å². The largest absolute Gasteiger partial charge is 0.355 e. The van der Waals surface area contributed by atoms with Gasteiger partial charge in [-0.05, 0) is 25.0 Å². The van der Waals surface area contributed by atoms with Gasteiger partial charge in [0, 0.05) is 19.6 Å². The summed E-state index contributed by atoms with van der Waals surface area (Å²) < 4.78 is 38.0. The van der Waals surface area contributed by atoms with E-state index in [1.54, 1.807) is 7.05 Å². The van der Waals surface area contributed by atoms with Crippen LogP contribution < -0.4 is 10.6 Å². The van der Waals surface area contributed by atoms with Crippen molar-refractivity contribution in [2.75, 3.05) is 19.3 Å². The first-order valence-corrected chi connectivity index (χ1v) is 9.62. The average molecular weight is 469 g/mol. The minimum atomic E-state index is -3.65. The van der Waals surface area contributed by atoms with Crippen LogP contribution in [0.4, 0.5) is 4.39 Å². The van der Waals surface area contributed by atoms with Crippen LogP contribution in [0.2, 0.25) is 0 Å². The summed E-state index contributed by atoms with van der Waals surface area (Å²) in [5, 5.41) is 6.31. The van der Waals surface area contributed by atoms with E-state index < -0.39 is 15.7 Å². The highest BCUT2D eigenvalue weighted by molar-refractivity contribution is 14.0. The normalized spacial score (nSPS) is 16.3. The fourth-order valence-electron chi connectivity index (χ4n) is 2.75. The second kappa shape index (κ2) is 10.2. The van der Waals surface area contributed by atoms with Gasteiger partial charge in [-0.25, -0.2) is 12.8 Å². The second-order valence-corrected chi connectivity index (χ2v) is 7.81. The Bertz CT molecular complexity index is 646. The smallest absolute Gasteiger partial charge is 0.191 e. The summed E-state index contributed by atoms with van der Waals surface area (Å²) in [7, 11) is -1.99. The Balaban J connectivity index is 0.00000288. The number of benzene rings is 1. The van der Waals surface area contributed by atoms with Crippen LogP contribution in [0.5, 0.6) is 0 Å². The van der Waals surface area contributed by atoms with Gasteiger partial charge in [-0.3, -0.25) is 4.99 Å². The summed E-state index contributed by atoms with van der Waals surface area (Å²) in [6, 6.07) is 5.83. The van der Waals surface area contributed by atoms with Crippen LogP contribution in [0.25, 0.3) is 0 Å². The summed E-state index contributed by atoms with van der Waals surface area (Å²) in [6.07, 6.45) is 5.89. The molecular weight excluding hydrogens is 444 g/mol. The van der Waals surface area contributed by atoms with E-state index in [4.69, 9.17) is 0 Å². The number of hydrogen-bond acceptors (Lipinski definition) is 3. The maximum absolute atomic E-state index is 13.6. The van der Waals surface area contributed by atoms with Crippen molar-refractivity contribution in [2.45, 2.75) is 43.0 Å². The lowest BCUT2D eigenvalue weighted by Crippen LogP contribution is -2.45. The molecule has 0 radical (unpaired) electrons. The van der Waals surface area contributed by atoms with Crippen LogP contribution >= 0.6 is 24.0 Å². The number of nitrogens with zero attached hydrogens (tertiary/aromatic N) is 1. The highest BCUT2D eigenvalue weighted by atomic mass is 127. The van der Waals surface area contributed by atoms with E-state index in [0.29, 0.717) is 12.0 Å². The number of nitrogens with one attached hydrogen (secondary N) is 2. The zero-order valence-corrected chi connectivity index (χ0v) is 16.9. The molecule has 24 heavy (non-hydrogen) atoms. The molecule has 2 rings (SSSR count). The maximum Gasteiger partial charge on any atom is 0.191 e. The van der Waals surface area contributed by atoms with Crippen molar-refractivity contribution in [3.63, 3.8) is 0 Å². The lowest BCUT2D eigenvalue weighted by atomic mass is 9.96. The van der Waals surface area contributed by atoms with E-state index in [-0.39, 0.29) is 41.2 Å². The Hall–Kier alpha value is -0.900. The monoisotopic (exact) mass is 469 g/mol. The Morgan fingerprint density at radius 2 is 1.92 bits per heavy atom. The van der Waals surface area contributed by atoms with Gasteiger partial charge in [0.15, 0.2) is 15.8 Å². The number of sulfone groups is 1. The summed E-state index contributed by atoms with van der Waals surface area (Å²) >= 11 is 0. The molecule has 1 aromatic rings. The highest BCUT2D eigenvalue weighted by Crippen LogP contribution is 2.17. The molecule has 1 aliphatic carbocycles. The number of aliphatic imine (C=N–C) groups is 1. The predicted octanol–water partition coefficient (Wildman–Crippen LogP) is 2.72. The van der Waals surface area contributed by atoms with Gasteiger partial charge >= 0.3 is 0 Å². The predicted molar refractivity (Wildman–Crippen MR) is 105 cm³/mol. The van der Waals surface area contributed by atoms with Crippen LogP contribution in [0, 0.1) is 5.82 Å². The fraction of sp³-hybridized carbons (Fsp3) is 0.562. The number of rotatable bonds is 5. The molecule has 0 saturated heterocycles. The number of halogens is 2. The first-order valence-electron chi connectivity index (χ1n) is 7.97. The molecule has 0 heterocycles. The molecule has 8 heteroatoms. The second-order valence-electron chi connectivity index (χ2n) is 5.73. The molecule has 1 fully saturated rings. The zero-order chi connectivity index (χ0) is 16.7. The first kappa shape index (κ1) is 21.1. The van der Waals surface area contributed by atoms with Crippen molar-refractivity contribution in [2.24, 2.45) is 4.99 Å². The molecule has 1 aromatic carbocycles.